The van der Waals surface area contributed by atoms with Crippen molar-refractivity contribution in [2.75, 3.05) is 0 Å². The Morgan fingerprint density at radius 2 is 1.75 bits per heavy atom. The molecule has 1 fully saturated rings. The summed E-state index contributed by atoms with van der Waals surface area (Å²) in [5.74, 6) is -2.49. The van der Waals surface area contributed by atoms with Crippen LogP contribution in [0.15, 0.2) is 42.5 Å². The van der Waals surface area contributed by atoms with Gasteiger partial charge in [-0.25, -0.2) is 13.2 Å². The maximum Gasteiger partial charge on any atom is 0.419 e. The third kappa shape index (κ3) is 4.33. The molecule has 2 aliphatic carbocycles. The minimum absolute atomic E-state index is 0.00388. The van der Waals surface area contributed by atoms with Crippen molar-refractivity contribution in [3.63, 3.8) is 0 Å². The maximum atomic E-state index is 14.5. The fourth-order valence-corrected chi connectivity index (χ4v) is 5.97. The largest absolute Gasteiger partial charge is 0.419 e. The van der Waals surface area contributed by atoms with Crippen LogP contribution in [-0.4, -0.2) is 0 Å². The molecule has 2 aromatic carbocycles. The van der Waals surface area contributed by atoms with Crippen LogP contribution < -0.4 is 0 Å². The Kier molecular flexibility index (Phi) is 6.42. The summed E-state index contributed by atoms with van der Waals surface area (Å²) >= 11 is 0. The first kappa shape index (κ1) is 22.9. The predicted molar refractivity (Wildman–Crippen MR) is 112 cm³/mol. The number of benzene rings is 2. The van der Waals surface area contributed by atoms with Crippen molar-refractivity contribution < 1.29 is 26.3 Å². The first-order valence-electron chi connectivity index (χ1n) is 11.2. The van der Waals surface area contributed by atoms with Gasteiger partial charge in [0.1, 0.15) is 17.5 Å². The molecule has 0 saturated heterocycles. The molecule has 4 atom stereocenters. The van der Waals surface area contributed by atoms with Crippen LogP contribution in [0.1, 0.15) is 73.1 Å². The van der Waals surface area contributed by atoms with Crippen LogP contribution in [-0.2, 0) is 12.6 Å². The Bertz CT molecular complexity index is 1010. The van der Waals surface area contributed by atoms with Gasteiger partial charge in [-0.1, -0.05) is 18.2 Å². The zero-order chi connectivity index (χ0) is 23.0. The van der Waals surface area contributed by atoms with Crippen LogP contribution >= 0.6 is 0 Å². The molecule has 0 aromatic heterocycles. The van der Waals surface area contributed by atoms with Gasteiger partial charge in [-0.2, -0.15) is 13.2 Å². The van der Waals surface area contributed by atoms with E-state index in [1.54, 1.807) is 0 Å². The van der Waals surface area contributed by atoms with Gasteiger partial charge in [-0.3, -0.25) is 0 Å². The van der Waals surface area contributed by atoms with E-state index in [4.69, 9.17) is 0 Å². The molecule has 6 heteroatoms. The molecule has 1 saturated carbocycles. The molecule has 0 radical (unpaired) electrons. The molecule has 2 aliphatic rings. The van der Waals surface area contributed by atoms with Crippen molar-refractivity contribution in [3.05, 3.63) is 82.2 Å². The number of fused-ring (bicyclic) bond motifs is 3. The molecule has 0 spiro atoms. The summed E-state index contributed by atoms with van der Waals surface area (Å²) in [4.78, 5) is 0. The second-order valence-electron chi connectivity index (χ2n) is 9.01. The third-order valence-electron chi connectivity index (χ3n) is 7.28. The lowest BCUT2D eigenvalue weighted by Gasteiger charge is -2.47. The first-order chi connectivity index (χ1) is 15.2. The summed E-state index contributed by atoms with van der Waals surface area (Å²) in [5, 5.41) is 0. The quantitative estimate of drug-likeness (QED) is 0.323. The maximum absolute atomic E-state index is 14.5. The van der Waals surface area contributed by atoms with Crippen molar-refractivity contribution in [3.8, 4) is 0 Å². The number of hydrogen-bond donors (Lipinski definition) is 0. The van der Waals surface area contributed by atoms with Gasteiger partial charge in [0.2, 0.25) is 0 Å². The molecule has 172 valence electrons. The molecule has 0 nitrogen and oxygen atoms in total. The lowest BCUT2D eigenvalue weighted by Crippen LogP contribution is -2.35. The average molecular weight is 452 g/mol. The number of hydrogen-bond acceptors (Lipinski definition) is 0. The van der Waals surface area contributed by atoms with Gasteiger partial charge in [0, 0.05) is 6.07 Å². The van der Waals surface area contributed by atoms with E-state index in [1.807, 2.05) is 13.0 Å². The fraction of sp³-hybridized carbons (Fsp3) is 0.462. The van der Waals surface area contributed by atoms with E-state index in [-0.39, 0.29) is 23.7 Å². The van der Waals surface area contributed by atoms with Crippen molar-refractivity contribution in [1.82, 2.24) is 0 Å². The molecule has 4 rings (SSSR count). The van der Waals surface area contributed by atoms with Crippen LogP contribution in [0.4, 0.5) is 26.3 Å². The van der Waals surface area contributed by atoms with Crippen LogP contribution in [0.3, 0.4) is 0 Å². The lowest BCUT2D eigenvalue weighted by molar-refractivity contribution is -0.140. The van der Waals surface area contributed by atoms with Crippen molar-refractivity contribution >= 4 is 0 Å². The minimum atomic E-state index is -4.75. The van der Waals surface area contributed by atoms with Gasteiger partial charge >= 0.3 is 6.18 Å². The molecule has 0 aliphatic heterocycles. The standard InChI is InChI=1S/C26H26F6/c1-2-3-4-5-15-6-8-18-20(10-9-19-21(18)13-17(27)14-23(19)28)25(15)16-7-11-22(24(29)12-16)26(30,31)32/h2-3,7,11-15,18,20,25H,4-6,8-10H2,1H3/b3-2+/t15-,18-,20+,25-/m1/s1. The van der Waals surface area contributed by atoms with Gasteiger partial charge in [0.05, 0.1) is 5.56 Å². The third-order valence-corrected chi connectivity index (χ3v) is 7.28. The van der Waals surface area contributed by atoms with E-state index in [2.05, 4.69) is 6.08 Å². The lowest BCUT2D eigenvalue weighted by atomic mass is 9.57. The van der Waals surface area contributed by atoms with Gasteiger partial charge < -0.3 is 0 Å². The monoisotopic (exact) mass is 452 g/mol. The summed E-state index contributed by atoms with van der Waals surface area (Å²) in [6.07, 6.45) is 3.57. The Hall–Kier alpha value is -2.24. The van der Waals surface area contributed by atoms with Crippen molar-refractivity contribution in [1.29, 1.82) is 0 Å². The topological polar surface area (TPSA) is 0 Å². The van der Waals surface area contributed by atoms with Gasteiger partial charge in [-0.15, -0.1) is 0 Å². The zero-order valence-corrected chi connectivity index (χ0v) is 17.9. The van der Waals surface area contributed by atoms with Crippen LogP contribution in [0.5, 0.6) is 0 Å². The van der Waals surface area contributed by atoms with Gasteiger partial charge in [0.25, 0.3) is 0 Å². The van der Waals surface area contributed by atoms with E-state index in [0.29, 0.717) is 29.5 Å². The second-order valence-corrected chi connectivity index (χ2v) is 9.01. The Morgan fingerprint density at radius 1 is 0.969 bits per heavy atom. The molecule has 0 heterocycles. The van der Waals surface area contributed by atoms with Crippen LogP contribution in [0.25, 0.3) is 0 Å². The Balaban J connectivity index is 1.74. The highest BCUT2D eigenvalue weighted by atomic mass is 19.4. The molecule has 2 aromatic rings. The Labute approximate surface area is 184 Å². The molecule has 0 N–H and O–H groups in total. The van der Waals surface area contributed by atoms with E-state index in [9.17, 15) is 26.3 Å². The van der Waals surface area contributed by atoms with E-state index in [1.165, 1.54) is 12.1 Å². The van der Waals surface area contributed by atoms with E-state index >= 15 is 0 Å². The molecular formula is C26H26F6. The molecule has 0 amide bonds. The SMILES string of the molecule is C/C=C/CC[C@@H]1CC[C@H]2c3cc(F)cc(F)c3CC[C@@H]2[C@H]1c1ccc(C(F)(F)F)c(F)c1. The molecule has 0 bridgehead atoms. The van der Waals surface area contributed by atoms with Gasteiger partial charge in [0.15, 0.2) is 0 Å². The van der Waals surface area contributed by atoms with Crippen molar-refractivity contribution in [2.45, 2.75) is 63.5 Å². The van der Waals surface area contributed by atoms with Gasteiger partial charge in [-0.05, 0) is 104 Å². The minimum Gasteiger partial charge on any atom is -0.207 e. The summed E-state index contributed by atoms with van der Waals surface area (Å²) in [7, 11) is 0. The highest BCUT2D eigenvalue weighted by Gasteiger charge is 2.44. The average Bonchev–Trinajstić information content (AvgIpc) is 2.72. The van der Waals surface area contributed by atoms with Crippen LogP contribution in [0, 0.1) is 29.3 Å². The molecule has 32 heavy (non-hydrogen) atoms. The Morgan fingerprint density at radius 3 is 2.44 bits per heavy atom. The van der Waals surface area contributed by atoms with Crippen LogP contribution in [0.2, 0.25) is 0 Å². The highest BCUT2D eigenvalue weighted by Crippen LogP contribution is 2.55. The second kappa shape index (κ2) is 8.95. The number of allylic oxidation sites excluding steroid dienone is 2. The first-order valence-corrected chi connectivity index (χ1v) is 11.2. The van der Waals surface area contributed by atoms with Crippen molar-refractivity contribution in [2.24, 2.45) is 11.8 Å². The number of halogens is 6. The summed E-state index contributed by atoms with van der Waals surface area (Å²) in [5.41, 5.74) is 0.494. The zero-order valence-electron chi connectivity index (χ0n) is 17.9. The number of alkyl halides is 3. The predicted octanol–water partition coefficient (Wildman–Crippen LogP) is 8.32. The fourth-order valence-electron chi connectivity index (χ4n) is 5.97. The summed E-state index contributed by atoms with van der Waals surface area (Å²) < 4.78 is 82.2. The normalized spacial score (nSPS) is 25.6. The summed E-state index contributed by atoms with van der Waals surface area (Å²) in [6, 6.07) is 5.56. The summed E-state index contributed by atoms with van der Waals surface area (Å²) in [6.45, 7) is 1.93. The highest BCUT2D eigenvalue weighted by molar-refractivity contribution is 5.38. The van der Waals surface area contributed by atoms with E-state index < -0.39 is 29.2 Å². The van der Waals surface area contributed by atoms with E-state index in [0.717, 1.165) is 43.9 Å². The molecular weight excluding hydrogens is 426 g/mol. The smallest absolute Gasteiger partial charge is 0.207 e. The molecule has 0 unspecified atom stereocenters. The number of rotatable bonds is 4.